The fourth-order valence-corrected chi connectivity index (χ4v) is 3.52. The van der Waals surface area contributed by atoms with Gasteiger partial charge in [-0.2, -0.15) is 5.10 Å². The number of rotatable bonds is 5. The van der Waals surface area contributed by atoms with Crippen LogP contribution in [0.2, 0.25) is 0 Å². The van der Waals surface area contributed by atoms with Gasteiger partial charge >= 0.3 is 0 Å². The van der Waals surface area contributed by atoms with E-state index in [0.29, 0.717) is 5.56 Å². The van der Waals surface area contributed by atoms with E-state index >= 15 is 0 Å². The molecule has 0 atom stereocenters. The molecule has 0 unspecified atom stereocenters. The van der Waals surface area contributed by atoms with Crippen LogP contribution in [0.25, 0.3) is 10.9 Å². The van der Waals surface area contributed by atoms with Crippen LogP contribution in [-0.4, -0.2) is 16.7 Å². The lowest BCUT2D eigenvalue weighted by Crippen LogP contribution is -2.17. The quantitative estimate of drug-likeness (QED) is 0.381. The van der Waals surface area contributed by atoms with Gasteiger partial charge in [0.15, 0.2) is 0 Å². The summed E-state index contributed by atoms with van der Waals surface area (Å²) in [6.07, 6.45) is 1.74. The molecule has 144 valence electrons. The van der Waals surface area contributed by atoms with Gasteiger partial charge in [-0.25, -0.2) is 5.43 Å². The Morgan fingerprint density at radius 2 is 1.62 bits per heavy atom. The number of aromatic nitrogens is 1. The Labute approximate surface area is 170 Å². The van der Waals surface area contributed by atoms with Crippen molar-refractivity contribution in [1.29, 1.82) is 0 Å². The van der Waals surface area contributed by atoms with E-state index in [1.54, 1.807) is 18.3 Å². The highest BCUT2D eigenvalue weighted by atomic mass is 16.2. The lowest BCUT2D eigenvalue weighted by atomic mass is 10.1. The van der Waals surface area contributed by atoms with Gasteiger partial charge in [-0.15, -0.1) is 0 Å². The average Bonchev–Trinajstić information content (AvgIpc) is 3.01. The van der Waals surface area contributed by atoms with E-state index in [1.165, 1.54) is 5.56 Å². The van der Waals surface area contributed by atoms with Gasteiger partial charge in [0, 0.05) is 34.3 Å². The third-order valence-electron chi connectivity index (χ3n) is 5.14. The zero-order valence-corrected chi connectivity index (χ0v) is 16.6. The normalized spacial score (nSPS) is 11.2. The summed E-state index contributed by atoms with van der Waals surface area (Å²) in [5.41, 5.74) is 8.87. The van der Waals surface area contributed by atoms with Crippen molar-refractivity contribution >= 4 is 23.0 Å². The average molecular weight is 381 g/mol. The summed E-state index contributed by atoms with van der Waals surface area (Å²) in [5, 5.41) is 5.35. The highest BCUT2D eigenvalue weighted by Gasteiger charge is 2.13. The second kappa shape index (κ2) is 8.15. The van der Waals surface area contributed by atoms with Crippen LogP contribution in [0.1, 0.15) is 32.7 Å². The zero-order valence-electron chi connectivity index (χ0n) is 16.6. The number of hydrogen-bond acceptors (Lipinski definition) is 2. The van der Waals surface area contributed by atoms with Gasteiger partial charge in [-0.3, -0.25) is 4.79 Å². The minimum absolute atomic E-state index is 0.216. The first kappa shape index (κ1) is 18.7. The Bertz CT molecular complexity index is 1170. The van der Waals surface area contributed by atoms with E-state index in [4.69, 9.17) is 0 Å². The van der Waals surface area contributed by atoms with Crippen LogP contribution < -0.4 is 5.43 Å². The fourth-order valence-electron chi connectivity index (χ4n) is 3.52. The molecule has 0 saturated carbocycles. The number of fused-ring (bicyclic) bond motifs is 1. The van der Waals surface area contributed by atoms with E-state index in [2.05, 4.69) is 58.4 Å². The second-order valence-corrected chi connectivity index (χ2v) is 7.15. The van der Waals surface area contributed by atoms with Gasteiger partial charge in [-0.1, -0.05) is 66.2 Å². The Hall–Kier alpha value is -3.66. The number of hydrazone groups is 1. The van der Waals surface area contributed by atoms with Crippen molar-refractivity contribution in [2.24, 2.45) is 5.10 Å². The summed E-state index contributed by atoms with van der Waals surface area (Å²) < 4.78 is 2.29. The molecule has 0 fully saturated rings. The number of benzene rings is 3. The van der Waals surface area contributed by atoms with Gasteiger partial charge in [0.2, 0.25) is 0 Å². The molecule has 0 bridgehead atoms. The van der Waals surface area contributed by atoms with E-state index in [-0.39, 0.29) is 5.91 Å². The molecule has 4 rings (SSSR count). The van der Waals surface area contributed by atoms with Crippen molar-refractivity contribution in [3.8, 4) is 0 Å². The van der Waals surface area contributed by atoms with Crippen molar-refractivity contribution < 1.29 is 4.79 Å². The van der Waals surface area contributed by atoms with E-state index in [0.717, 1.165) is 34.3 Å². The third-order valence-corrected chi connectivity index (χ3v) is 5.14. The van der Waals surface area contributed by atoms with Crippen LogP contribution in [0, 0.1) is 13.8 Å². The molecule has 1 aromatic heterocycles. The summed E-state index contributed by atoms with van der Waals surface area (Å²) in [6.45, 7) is 4.87. The lowest BCUT2D eigenvalue weighted by molar-refractivity contribution is 0.0955. The highest BCUT2D eigenvalue weighted by molar-refractivity contribution is 6.02. The van der Waals surface area contributed by atoms with Gasteiger partial charge in [-0.05, 0) is 37.6 Å². The van der Waals surface area contributed by atoms with Crippen molar-refractivity contribution in [1.82, 2.24) is 9.99 Å². The lowest BCUT2D eigenvalue weighted by Gasteiger charge is -2.08. The van der Waals surface area contributed by atoms with Gasteiger partial charge < -0.3 is 4.57 Å². The first-order valence-corrected chi connectivity index (χ1v) is 9.65. The zero-order chi connectivity index (χ0) is 20.2. The van der Waals surface area contributed by atoms with Crippen molar-refractivity contribution in [2.45, 2.75) is 20.4 Å². The second-order valence-electron chi connectivity index (χ2n) is 7.15. The molecule has 4 heteroatoms. The Morgan fingerprint density at radius 1 is 0.931 bits per heavy atom. The molecular weight excluding hydrogens is 358 g/mol. The largest absolute Gasteiger partial charge is 0.340 e. The Balaban J connectivity index is 1.62. The molecular formula is C25H23N3O. The number of para-hydroxylation sites is 1. The number of nitrogens with one attached hydrogen (secondary N) is 1. The molecule has 1 amide bonds. The number of hydrogen-bond donors (Lipinski definition) is 1. The number of aryl methyl sites for hydroxylation is 1. The first-order chi connectivity index (χ1) is 14.1. The van der Waals surface area contributed by atoms with Crippen LogP contribution in [0.3, 0.4) is 0 Å². The topological polar surface area (TPSA) is 46.4 Å². The van der Waals surface area contributed by atoms with Crippen LogP contribution in [0.4, 0.5) is 0 Å². The molecule has 0 saturated heterocycles. The summed E-state index contributed by atoms with van der Waals surface area (Å²) >= 11 is 0. The SMILES string of the molecule is Cc1ccc(C(=O)NN=Cc2c(C)n(Cc3ccccc3)c3ccccc23)cc1. The maximum atomic E-state index is 12.3. The smallest absolute Gasteiger partial charge is 0.271 e. The predicted molar refractivity (Wildman–Crippen MR) is 118 cm³/mol. The number of carbonyl (C=O) groups excluding carboxylic acids is 1. The molecule has 29 heavy (non-hydrogen) atoms. The molecule has 4 aromatic rings. The highest BCUT2D eigenvalue weighted by Crippen LogP contribution is 2.25. The van der Waals surface area contributed by atoms with Gasteiger partial charge in [0.05, 0.1) is 6.21 Å². The number of amides is 1. The molecule has 0 aliphatic heterocycles. The monoisotopic (exact) mass is 381 g/mol. The summed E-state index contributed by atoms with van der Waals surface area (Å²) in [4.78, 5) is 12.3. The van der Waals surface area contributed by atoms with E-state index < -0.39 is 0 Å². The van der Waals surface area contributed by atoms with Crippen LogP contribution in [0.15, 0.2) is 84.0 Å². The number of nitrogens with zero attached hydrogens (tertiary/aromatic N) is 2. The molecule has 1 N–H and O–H groups in total. The summed E-state index contributed by atoms with van der Waals surface area (Å²) in [6, 6.07) is 26.1. The van der Waals surface area contributed by atoms with Crippen molar-refractivity contribution in [3.05, 3.63) is 107 Å². The van der Waals surface area contributed by atoms with Crippen molar-refractivity contribution in [3.63, 3.8) is 0 Å². The summed E-state index contributed by atoms with van der Waals surface area (Å²) in [7, 11) is 0. The van der Waals surface area contributed by atoms with Crippen LogP contribution in [-0.2, 0) is 6.54 Å². The molecule has 1 heterocycles. The van der Waals surface area contributed by atoms with Gasteiger partial charge in [0.1, 0.15) is 0 Å². The number of carbonyl (C=O) groups is 1. The molecule has 0 aliphatic rings. The minimum Gasteiger partial charge on any atom is -0.340 e. The van der Waals surface area contributed by atoms with E-state index in [9.17, 15) is 4.79 Å². The predicted octanol–water partition coefficient (Wildman–Crippen LogP) is 5.07. The molecule has 4 nitrogen and oxygen atoms in total. The maximum Gasteiger partial charge on any atom is 0.271 e. The Kier molecular flexibility index (Phi) is 5.25. The molecule has 0 aliphatic carbocycles. The Morgan fingerprint density at radius 3 is 2.38 bits per heavy atom. The van der Waals surface area contributed by atoms with Crippen molar-refractivity contribution in [2.75, 3.05) is 0 Å². The molecule has 0 radical (unpaired) electrons. The minimum atomic E-state index is -0.216. The van der Waals surface area contributed by atoms with E-state index in [1.807, 2.05) is 37.3 Å². The van der Waals surface area contributed by atoms with Gasteiger partial charge in [0.25, 0.3) is 5.91 Å². The fraction of sp³-hybridized carbons (Fsp3) is 0.120. The third kappa shape index (κ3) is 3.97. The standard InChI is InChI=1S/C25H23N3O/c1-18-12-14-21(15-13-18)25(29)27-26-16-23-19(2)28(17-20-8-4-3-5-9-20)24-11-7-6-10-22(23)24/h3-16H,17H2,1-2H3,(H,27,29). The molecule has 3 aromatic carbocycles. The first-order valence-electron chi connectivity index (χ1n) is 9.65. The summed E-state index contributed by atoms with van der Waals surface area (Å²) in [5.74, 6) is -0.216. The molecule has 0 spiro atoms. The van der Waals surface area contributed by atoms with Crippen LogP contribution in [0.5, 0.6) is 0 Å². The van der Waals surface area contributed by atoms with Crippen LogP contribution >= 0.6 is 0 Å². The maximum absolute atomic E-state index is 12.3.